The molecule has 1 aliphatic rings. The van der Waals surface area contributed by atoms with Crippen molar-refractivity contribution < 1.29 is 18.3 Å². The van der Waals surface area contributed by atoms with Crippen molar-refractivity contribution >= 4 is 16.0 Å². The molecule has 1 aromatic heterocycles. The van der Waals surface area contributed by atoms with E-state index in [1.165, 1.54) is 15.2 Å². The molecule has 1 fully saturated rings. The summed E-state index contributed by atoms with van der Waals surface area (Å²) in [5.41, 5.74) is -0.262. The van der Waals surface area contributed by atoms with Gasteiger partial charge in [-0.05, 0) is 32.6 Å². The number of hydrogen-bond donors (Lipinski definition) is 1. The van der Waals surface area contributed by atoms with Gasteiger partial charge in [0, 0.05) is 25.3 Å². The minimum atomic E-state index is -3.85. The molecule has 118 valence electrons. The number of rotatable bonds is 4. The van der Waals surface area contributed by atoms with E-state index in [1.54, 1.807) is 0 Å². The fraction of sp³-hybridized carbons (Fsp3) is 0.692. The zero-order chi connectivity index (χ0) is 15.8. The van der Waals surface area contributed by atoms with Crippen LogP contribution in [0.4, 0.5) is 0 Å². The number of aromatic carboxylic acids is 1. The molecule has 0 spiro atoms. The molecule has 0 bridgehead atoms. The van der Waals surface area contributed by atoms with Crippen molar-refractivity contribution in [1.82, 2.24) is 14.1 Å². The molecular weight excluding hydrogens is 294 g/mol. The molecule has 8 heteroatoms. The lowest BCUT2D eigenvalue weighted by molar-refractivity contribution is 0.0692. The Morgan fingerprint density at radius 3 is 2.43 bits per heavy atom. The summed E-state index contributed by atoms with van der Waals surface area (Å²) in [4.78, 5) is 11.3. The molecular formula is C13H21N3O4S. The quantitative estimate of drug-likeness (QED) is 0.910. The van der Waals surface area contributed by atoms with E-state index in [-0.39, 0.29) is 16.6 Å². The van der Waals surface area contributed by atoms with Crippen LogP contribution < -0.4 is 0 Å². The number of sulfonamides is 1. The van der Waals surface area contributed by atoms with Gasteiger partial charge in [0.25, 0.3) is 10.0 Å². The van der Waals surface area contributed by atoms with E-state index >= 15 is 0 Å². The largest absolute Gasteiger partial charge is 0.478 e. The van der Waals surface area contributed by atoms with Crippen molar-refractivity contribution in [3.05, 3.63) is 11.8 Å². The highest BCUT2D eigenvalue weighted by molar-refractivity contribution is 7.89. The van der Waals surface area contributed by atoms with Gasteiger partial charge in [-0.1, -0.05) is 6.92 Å². The van der Waals surface area contributed by atoms with Gasteiger partial charge in [0.15, 0.2) is 0 Å². The van der Waals surface area contributed by atoms with Gasteiger partial charge >= 0.3 is 5.97 Å². The lowest BCUT2D eigenvalue weighted by Crippen LogP contribution is -2.38. The molecule has 7 nitrogen and oxygen atoms in total. The molecule has 0 amide bonds. The molecule has 1 N–H and O–H groups in total. The standard InChI is InChI=1S/C13H21N3O4S/c1-9(2)16-8-11(13(17)18)12(14-16)21(19,20)15-6-4-10(3)5-7-15/h8-10H,4-7H2,1-3H3,(H,17,18). The van der Waals surface area contributed by atoms with E-state index in [0.29, 0.717) is 19.0 Å². The van der Waals surface area contributed by atoms with Gasteiger partial charge in [-0.25, -0.2) is 13.2 Å². The van der Waals surface area contributed by atoms with Gasteiger partial charge in [0.05, 0.1) is 0 Å². The highest BCUT2D eigenvalue weighted by Crippen LogP contribution is 2.25. The molecule has 21 heavy (non-hydrogen) atoms. The highest BCUT2D eigenvalue weighted by Gasteiger charge is 2.34. The van der Waals surface area contributed by atoms with E-state index in [0.717, 1.165) is 12.8 Å². The first-order valence-electron chi connectivity index (χ1n) is 7.06. The SMILES string of the molecule is CC1CCN(S(=O)(=O)c2nn(C(C)C)cc2C(=O)O)CC1. The Balaban J connectivity index is 2.41. The predicted octanol–water partition coefficient (Wildman–Crippen LogP) is 1.58. The third-order valence-corrected chi connectivity index (χ3v) is 5.62. The second-order valence-corrected chi connectivity index (χ2v) is 7.67. The minimum absolute atomic E-state index is 0.103. The Labute approximate surface area is 124 Å². The molecule has 2 heterocycles. The van der Waals surface area contributed by atoms with Crippen LogP contribution in [0.25, 0.3) is 0 Å². The average molecular weight is 315 g/mol. The van der Waals surface area contributed by atoms with Crippen molar-refractivity contribution in [1.29, 1.82) is 0 Å². The zero-order valence-corrected chi connectivity index (χ0v) is 13.3. The Morgan fingerprint density at radius 2 is 1.95 bits per heavy atom. The van der Waals surface area contributed by atoms with E-state index in [1.807, 2.05) is 13.8 Å². The maximum atomic E-state index is 12.6. The fourth-order valence-corrected chi connectivity index (χ4v) is 3.88. The molecule has 1 saturated heterocycles. The Kier molecular flexibility index (Phi) is 4.38. The summed E-state index contributed by atoms with van der Waals surface area (Å²) < 4.78 is 28.0. The third-order valence-electron chi connectivity index (χ3n) is 3.78. The van der Waals surface area contributed by atoms with Crippen molar-refractivity contribution in [3.8, 4) is 0 Å². The van der Waals surface area contributed by atoms with Crippen LogP contribution in [-0.2, 0) is 10.0 Å². The van der Waals surface area contributed by atoms with Crippen molar-refractivity contribution in [2.75, 3.05) is 13.1 Å². The van der Waals surface area contributed by atoms with E-state index < -0.39 is 16.0 Å². The predicted molar refractivity (Wildman–Crippen MR) is 76.7 cm³/mol. The fourth-order valence-electron chi connectivity index (χ4n) is 2.32. The maximum absolute atomic E-state index is 12.6. The zero-order valence-electron chi connectivity index (χ0n) is 12.5. The van der Waals surface area contributed by atoms with Gasteiger partial charge in [-0.3, -0.25) is 4.68 Å². The van der Waals surface area contributed by atoms with Gasteiger partial charge in [0.1, 0.15) is 5.56 Å². The van der Waals surface area contributed by atoms with E-state index in [2.05, 4.69) is 12.0 Å². The van der Waals surface area contributed by atoms with Crippen molar-refractivity contribution in [2.45, 2.75) is 44.7 Å². The molecule has 0 saturated carbocycles. The summed E-state index contributed by atoms with van der Waals surface area (Å²) in [7, 11) is -3.85. The molecule has 0 unspecified atom stereocenters. The number of piperidine rings is 1. The number of nitrogens with zero attached hydrogens (tertiary/aromatic N) is 3. The van der Waals surface area contributed by atoms with Gasteiger partial charge in [-0.2, -0.15) is 9.40 Å². The molecule has 1 aromatic rings. The van der Waals surface area contributed by atoms with E-state index in [4.69, 9.17) is 0 Å². The Morgan fingerprint density at radius 1 is 1.38 bits per heavy atom. The molecule has 0 aliphatic carbocycles. The first-order chi connectivity index (χ1) is 9.73. The molecule has 2 rings (SSSR count). The van der Waals surface area contributed by atoms with Crippen LogP contribution in [0.2, 0.25) is 0 Å². The van der Waals surface area contributed by atoms with Crippen molar-refractivity contribution in [2.24, 2.45) is 5.92 Å². The van der Waals surface area contributed by atoms with Crippen molar-refractivity contribution in [3.63, 3.8) is 0 Å². The van der Waals surface area contributed by atoms with Crippen LogP contribution in [0.5, 0.6) is 0 Å². The average Bonchev–Trinajstić information content (AvgIpc) is 2.85. The lowest BCUT2D eigenvalue weighted by atomic mass is 10.0. The van der Waals surface area contributed by atoms with Crippen LogP contribution >= 0.6 is 0 Å². The summed E-state index contributed by atoms with van der Waals surface area (Å²) >= 11 is 0. The second kappa shape index (κ2) is 5.76. The maximum Gasteiger partial charge on any atom is 0.340 e. The first-order valence-corrected chi connectivity index (χ1v) is 8.50. The number of hydrogen-bond acceptors (Lipinski definition) is 4. The third kappa shape index (κ3) is 3.11. The molecule has 0 radical (unpaired) electrons. The smallest absolute Gasteiger partial charge is 0.340 e. The van der Waals surface area contributed by atoms with Gasteiger partial charge in [0.2, 0.25) is 5.03 Å². The second-order valence-electron chi connectivity index (χ2n) is 5.81. The van der Waals surface area contributed by atoms with E-state index in [9.17, 15) is 18.3 Å². The highest BCUT2D eigenvalue weighted by atomic mass is 32.2. The van der Waals surface area contributed by atoms with Crippen LogP contribution in [0.1, 0.15) is 50.0 Å². The van der Waals surface area contributed by atoms with Crippen LogP contribution in [0.3, 0.4) is 0 Å². The lowest BCUT2D eigenvalue weighted by Gasteiger charge is -2.28. The number of carbonyl (C=O) groups is 1. The number of carboxylic acid groups (broad SMARTS) is 1. The summed E-state index contributed by atoms with van der Waals surface area (Å²) in [6.45, 7) is 6.55. The minimum Gasteiger partial charge on any atom is -0.478 e. The number of aromatic nitrogens is 2. The summed E-state index contributed by atoms with van der Waals surface area (Å²) in [5.74, 6) is -0.783. The van der Waals surface area contributed by atoms with Crippen LogP contribution in [-0.4, -0.2) is 46.7 Å². The summed E-state index contributed by atoms with van der Waals surface area (Å²) in [6, 6.07) is -0.103. The van der Waals surface area contributed by atoms with Gasteiger partial charge in [-0.15, -0.1) is 0 Å². The van der Waals surface area contributed by atoms with Gasteiger partial charge < -0.3 is 5.11 Å². The molecule has 0 atom stereocenters. The normalized spacial score (nSPS) is 18.3. The monoisotopic (exact) mass is 315 g/mol. The Hall–Kier alpha value is -1.41. The molecule has 0 aromatic carbocycles. The summed E-state index contributed by atoms with van der Waals surface area (Å²) in [6.07, 6.45) is 2.85. The Bertz CT molecular complexity index is 628. The van der Waals surface area contributed by atoms with Crippen LogP contribution in [0, 0.1) is 5.92 Å². The first kappa shape index (κ1) is 16.0. The topological polar surface area (TPSA) is 92.5 Å². The van der Waals surface area contributed by atoms with Crippen LogP contribution in [0.15, 0.2) is 11.2 Å². The number of carboxylic acids is 1. The summed E-state index contributed by atoms with van der Waals surface area (Å²) in [5, 5.41) is 12.9. The molecule has 1 aliphatic heterocycles.